The molecular formula is C5H4O3. The van der Waals surface area contributed by atoms with Crippen LogP contribution in [0.5, 0.6) is 0 Å². The summed E-state index contributed by atoms with van der Waals surface area (Å²) in [7, 11) is 0. The smallest absolute Gasteiger partial charge is 0.311 e. The molecule has 1 aliphatic heterocycles. The second-order valence-electron chi connectivity index (χ2n) is 1.54. The zero-order valence-corrected chi connectivity index (χ0v) is 4.14. The van der Waals surface area contributed by atoms with E-state index >= 15 is 0 Å². The fourth-order valence-corrected chi connectivity index (χ4v) is 0.509. The first-order valence-electron chi connectivity index (χ1n) is 2.21. The predicted molar refractivity (Wildman–Crippen MR) is 24.8 cm³/mol. The Morgan fingerprint density at radius 1 is 1.62 bits per heavy atom. The maximum atomic E-state index is 10.2. The summed E-state index contributed by atoms with van der Waals surface area (Å²) in [6.45, 7) is 0.141. The molecule has 0 N–H and O–H groups in total. The van der Waals surface area contributed by atoms with Crippen molar-refractivity contribution in [1.82, 2.24) is 0 Å². The lowest BCUT2D eigenvalue weighted by Crippen LogP contribution is -1.88. The number of rotatable bonds is 0. The fraction of sp³-hybridized carbons (Fsp3) is 0.400. The minimum Gasteiger partial charge on any atom is -0.460 e. The maximum absolute atomic E-state index is 10.2. The Kier molecular flexibility index (Phi) is 1.14. The molecule has 0 aromatic heterocycles. The Labute approximate surface area is 45.9 Å². The summed E-state index contributed by atoms with van der Waals surface area (Å²) in [4.78, 5) is 19.9. The third kappa shape index (κ3) is 0.768. The van der Waals surface area contributed by atoms with Crippen LogP contribution < -0.4 is 0 Å². The highest BCUT2D eigenvalue weighted by Gasteiger charge is 2.16. The van der Waals surface area contributed by atoms with Crippen molar-refractivity contribution >= 4 is 11.9 Å². The zero-order chi connectivity index (χ0) is 5.98. The van der Waals surface area contributed by atoms with Gasteiger partial charge in [0, 0.05) is 0 Å². The van der Waals surface area contributed by atoms with Crippen LogP contribution in [-0.2, 0) is 14.3 Å². The fourth-order valence-electron chi connectivity index (χ4n) is 0.509. The van der Waals surface area contributed by atoms with Crippen LogP contribution in [0.3, 0.4) is 0 Å². The molecule has 1 saturated heterocycles. The Hall–Kier alpha value is -1.08. The van der Waals surface area contributed by atoms with E-state index in [0.29, 0.717) is 5.57 Å². The normalized spacial score (nSPS) is 18.0. The highest BCUT2D eigenvalue weighted by Crippen LogP contribution is 2.07. The Morgan fingerprint density at radius 3 is 2.62 bits per heavy atom. The van der Waals surface area contributed by atoms with E-state index in [1.54, 1.807) is 5.94 Å². The lowest BCUT2D eigenvalue weighted by molar-refractivity contribution is -0.137. The second-order valence-corrected chi connectivity index (χ2v) is 1.54. The largest absolute Gasteiger partial charge is 0.460 e. The molecular weight excluding hydrogens is 108 g/mol. The van der Waals surface area contributed by atoms with Gasteiger partial charge in [0.2, 0.25) is 0 Å². The molecule has 3 heteroatoms. The number of ether oxygens (including phenoxy) is 1. The molecule has 1 heterocycles. The zero-order valence-electron chi connectivity index (χ0n) is 4.14. The first-order valence-corrected chi connectivity index (χ1v) is 2.21. The summed E-state index contributed by atoms with van der Waals surface area (Å²) in [6.07, 6.45) is 0.128. The van der Waals surface area contributed by atoms with E-state index in [-0.39, 0.29) is 19.0 Å². The molecule has 0 bridgehead atoms. The highest BCUT2D eigenvalue weighted by molar-refractivity contribution is 5.79. The third-order valence-electron chi connectivity index (χ3n) is 0.909. The number of carbonyl (C=O) groups excluding carboxylic acids is 2. The highest BCUT2D eigenvalue weighted by atomic mass is 16.5. The minimum absolute atomic E-state index is 0.128. The Morgan fingerprint density at radius 2 is 2.38 bits per heavy atom. The quantitative estimate of drug-likeness (QED) is 0.319. The molecule has 0 amide bonds. The number of hydrogen-bond acceptors (Lipinski definition) is 3. The topological polar surface area (TPSA) is 43.4 Å². The van der Waals surface area contributed by atoms with Crippen molar-refractivity contribution in [3.63, 3.8) is 0 Å². The van der Waals surface area contributed by atoms with Gasteiger partial charge in [0.15, 0.2) is 0 Å². The molecule has 0 aromatic carbocycles. The molecule has 0 saturated carbocycles. The minimum atomic E-state index is -0.330. The number of carbonyl (C=O) groups is 1. The van der Waals surface area contributed by atoms with Crippen molar-refractivity contribution in [2.24, 2.45) is 0 Å². The standard InChI is InChI=1S/C5H4O3/c6-2-4-1-5(7)8-3-4/h1,3H2. The van der Waals surface area contributed by atoms with Gasteiger partial charge >= 0.3 is 5.97 Å². The van der Waals surface area contributed by atoms with Gasteiger partial charge in [0.05, 0.1) is 12.0 Å². The van der Waals surface area contributed by atoms with Gasteiger partial charge in [-0.1, -0.05) is 0 Å². The molecule has 42 valence electrons. The van der Waals surface area contributed by atoms with Crippen molar-refractivity contribution in [1.29, 1.82) is 0 Å². The summed E-state index contributed by atoms with van der Waals surface area (Å²) < 4.78 is 4.42. The van der Waals surface area contributed by atoms with E-state index in [1.807, 2.05) is 0 Å². The van der Waals surface area contributed by atoms with Crippen LogP contribution >= 0.6 is 0 Å². The average molecular weight is 112 g/mol. The van der Waals surface area contributed by atoms with E-state index in [1.165, 1.54) is 0 Å². The first kappa shape index (κ1) is 5.06. The molecule has 1 fully saturated rings. The van der Waals surface area contributed by atoms with Crippen LogP contribution in [-0.4, -0.2) is 18.5 Å². The molecule has 0 unspecified atom stereocenters. The van der Waals surface area contributed by atoms with E-state index in [9.17, 15) is 9.59 Å². The van der Waals surface area contributed by atoms with Crippen LogP contribution in [0.4, 0.5) is 0 Å². The monoisotopic (exact) mass is 112 g/mol. The molecule has 3 nitrogen and oxygen atoms in total. The van der Waals surface area contributed by atoms with Crippen LogP contribution in [0, 0.1) is 0 Å². The van der Waals surface area contributed by atoms with Gasteiger partial charge in [-0.3, -0.25) is 4.79 Å². The van der Waals surface area contributed by atoms with Gasteiger partial charge in [-0.25, -0.2) is 4.79 Å². The third-order valence-corrected chi connectivity index (χ3v) is 0.909. The van der Waals surface area contributed by atoms with E-state index in [2.05, 4.69) is 4.74 Å². The van der Waals surface area contributed by atoms with Gasteiger partial charge < -0.3 is 4.74 Å². The Balaban J connectivity index is 2.70. The average Bonchev–Trinajstić information content (AvgIpc) is 2.14. The van der Waals surface area contributed by atoms with Crippen molar-refractivity contribution in [2.45, 2.75) is 6.42 Å². The van der Waals surface area contributed by atoms with E-state index < -0.39 is 0 Å². The molecule has 1 aliphatic rings. The van der Waals surface area contributed by atoms with E-state index in [4.69, 9.17) is 0 Å². The molecule has 0 spiro atoms. The summed E-state index contributed by atoms with van der Waals surface area (Å²) in [5.74, 6) is 1.28. The number of cyclic esters (lactones) is 1. The van der Waals surface area contributed by atoms with Crippen LogP contribution in [0.2, 0.25) is 0 Å². The van der Waals surface area contributed by atoms with Crippen LogP contribution in [0.1, 0.15) is 6.42 Å². The summed E-state index contributed by atoms with van der Waals surface area (Å²) in [6, 6.07) is 0. The first-order chi connectivity index (χ1) is 3.83. The molecule has 0 radical (unpaired) electrons. The predicted octanol–water partition coefficient (Wildman–Crippen LogP) is -0.309. The maximum Gasteiger partial charge on any atom is 0.311 e. The van der Waals surface area contributed by atoms with Crippen molar-refractivity contribution in [3.05, 3.63) is 5.57 Å². The Bertz CT molecular complexity index is 165. The SMILES string of the molecule is O=C=C1COC(=O)C1. The molecule has 0 atom stereocenters. The van der Waals surface area contributed by atoms with Gasteiger partial charge in [-0.15, -0.1) is 0 Å². The molecule has 8 heavy (non-hydrogen) atoms. The number of esters is 1. The van der Waals surface area contributed by atoms with Gasteiger partial charge in [-0.05, 0) is 0 Å². The summed E-state index contributed by atoms with van der Waals surface area (Å²) in [5.41, 5.74) is 0.412. The van der Waals surface area contributed by atoms with E-state index in [0.717, 1.165) is 0 Å². The molecule has 1 rings (SSSR count). The van der Waals surface area contributed by atoms with Crippen LogP contribution in [0.15, 0.2) is 5.57 Å². The lowest BCUT2D eigenvalue weighted by Gasteiger charge is -1.80. The molecule has 0 aliphatic carbocycles. The van der Waals surface area contributed by atoms with Crippen molar-refractivity contribution < 1.29 is 14.3 Å². The van der Waals surface area contributed by atoms with Crippen LogP contribution in [0.25, 0.3) is 0 Å². The van der Waals surface area contributed by atoms with Crippen molar-refractivity contribution in [3.8, 4) is 0 Å². The molecule has 0 aromatic rings. The second kappa shape index (κ2) is 1.80. The van der Waals surface area contributed by atoms with Gasteiger partial charge in [0.25, 0.3) is 0 Å². The lowest BCUT2D eigenvalue weighted by atomic mass is 10.3. The van der Waals surface area contributed by atoms with Crippen molar-refractivity contribution in [2.75, 3.05) is 6.61 Å². The summed E-state index contributed by atoms with van der Waals surface area (Å²) in [5, 5.41) is 0. The summed E-state index contributed by atoms with van der Waals surface area (Å²) >= 11 is 0. The number of hydrogen-bond donors (Lipinski definition) is 0. The van der Waals surface area contributed by atoms with Gasteiger partial charge in [0.1, 0.15) is 12.5 Å². The van der Waals surface area contributed by atoms with Gasteiger partial charge in [-0.2, -0.15) is 0 Å².